The van der Waals surface area contributed by atoms with E-state index >= 15 is 0 Å². The summed E-state index contributed by atoms with van der Waals surface area (Å²) in [5, 5.41) is 18.5. The van der Waals surface area contributed by atoms with Gasteiger partial charge >= 0.3 is 15.0 Å². The lowest BCUT2D eigenvalue weighted by molar-refractivity contribution is 0.614. The highest BCUT2D eigenvalue weighted by Crippen LogP contribution is 2.19. The molecule has 16 heteroatoms. The Morgan fingerprint density at radius 3 is 1.75 bits per heavy atom. The van der Waals surface area contributed by atoms with Crippen LogP contribution in [-0.2, 0) is 13.1 Å². The minimum atomic E-state index is 0. The maximum absolute atomic E-state index is 8.89. The molecule has 6 rings (SSSR count). The van der Waals surface area contributed by atoms with Crippen molar-refractivity contribution < 1.29 is 21.0 Å². The molecule has 6 aromatic rings. The molecule has 4 aromatic heterocycles. The van der Waals surface area contributed by atoms with Crippen molar-refractivity contribution in [3.8, 4) is 0 Å². The van der Waals surface area contributed by atoms with E-state index in [1.165, 1.54) is 12.7 Å². The first-order valence-corrected chi connectivity index (χ1v) is 12.1. The lowest BCUT2D eigenvalue weighted by Crippen LogP contribution is -2.12. The van der Waals surface area contributed by atoms with Crippen molar-refractivity contribution in [1.29, 1.82) is 0 Å². The Bertz CT molecular complexity index is 1690. The first-order valence-electron chi connectivity index (χ1n) is 11.3. The molecule has 0 unspecified atom stereocenters. The second-order valence-corrected chi connectivity index (χ2v) is 8.88. The summed E-state index contributed by atoms with van der Waals surface area (Å²) >= 11 is 12.0. The van der Waals surface area contributed by atoms with Gasteiger partial charge in [0.2, 0.25) is 0 Å². The smallest absolute Gasteiger partial charge is 0.326 e. The molecule has 2 aromatic carbocycles. The molecule has 0 bridgehead atoms. The lowest BCUT2D eigenvalue weighted by atomic mass is 9.88. The minimum absolute atomic E-state index is 0. The van der Waals surface area contributed by atoms with Crippen LogP contribution in [0.15, 0.2) is 73.8 Å². The first-order chi connectivity index (χ1) is 18.6. The molecule has 0 aliphatic rings. The summed E-state index contributed by atoms with van der Waals surface area (Å²) in [6, 6.07) is 15.1. The van der Waals surface area contributed by atoms with E-state index in [0.29, 0.717) is 40.2 Å². The predicted molar refractivity (Wildman–Crippen MR) is 154 cm³/mol. The summed E-state index contributed by atoms with van der Waals surface area (Å²) in [6.07, 6.45) is 6.20. The number of rotatable bonds is 6. The zero-order valence-electron chi connectivity index (χ0n) is 20.7. The van der Waals surface area contributed by atoms with Crippen LogP contribution in [0.3, 0.4) is 0 Å². The number of fused-ring (bicyclic) bond motifs is 2. The van der Waals surface area contributed by atoms with Crippen molar-refractivity contribution in [1.82, 2.24) is 39.0 Å². The van der Waals surface area contributed by atoms with Gasteiger partial charge in [-0.3, -0.25) is 0 Å². The Morgan fingerprint density at radius 1 is 0.625 bits per heavy atom. The topological polar surface area (TPSA) is 191 Å². The Hall–Kier alpha value is -3.91. The Morgan fingerprint density at radius 2 is 1.15 bits per heavy atom. The Labute approximate surface area is 239 Å². The average Bonchev–Trinajstić information content (AvgIpc) is 3.56. The fourth-order valence-electron chi connectivity index (χ4n) is 3.77. The first kappa shape index (κ1) is 30.6. The Kier molecular flexibility index (Phi) is 10.7. The molecule has 0 fully saturated rings. The fourth-order valence-corrected chi connectivity index (χ4v) is 4.19. The van der Waals surface area contributed by atoms with E-state index in [1.54, 1.807) is 12.7 Å². The van der Waals surface area contributed by atoms with Crippen LogP contribution in [0, 0.1) is 0 Å². The van der Waals surface area contributed by atoms with Crippen molar-refractivity contribution in [2.45, 2.75) is 13.1 Å². The van der Waals surface area contributed by atoms with Gasteiger partial charge in [-0.2, -0.15) is 0 Å². The lowest BCUT2D eigenvalue weighted by Gasteiger charge is -2.05. The largest absolute Gasteiger partial charge is 0.450 e. The second-order valence-electron chi connectivity index (χ2n) is 8.16. The third kappa shape index (κ3) is 6.80. The standard InChI is InChI=1S/2C12H9BClN4O.2H2O/c14-11-10-12(16-6-15-11)17-7-18(10)5-8-1-3-9(13-19)4-2-8;14-11-10-12(16-6-15-11)18(7-17-10)5-8-1-3-9(13-19)4-2-8;;/h2*1-4,6-7,19H,5H2;2*1H2. The van der Waals surface area contributed by atoms with Gasteiger partial charge in [0.05, 0.1) is 19.2 Å². The van der Waals surface area contributed by atoms with Gasteiger partial charge in [0.15, 0.2) is 21.6 Å². The van der Waals surface area contributed by atoms with E-state index in [0.717, 1.165) is 42.5 Å². The van der Waals surface area contributed by atoms with E-state index in [2.05, 4.69) is 29.9 Å². The van der Waals surface area contributed by atoms with E-state index < -0.39 is 0 Å². The molecule has 0 aliphatic carbocycles. The number of hydrogen-bond donors (Lipinski definition) is 2. The van der Waals surface area contributed by atoms with Crippen molar-refractivity contribution >= 4 is 71.4 Å². The molecule has 0 saturated carbocycles. The zero-order chi connectivity index (χ0) is 26.5. The van der Waals surface area contributed by atoms with E-state index in [9.17, 15) is 0 Å². The van der Waals surface area contributed by atoms with Crippen LogP contribution in [-0.4, -0.2) is 75.0 Å². The van der Waals surface area contributed by atoms with Gasteiger partial charge in [-0.15, -0.1) is 0 Å². The van der Waals surface area contributed by atoms with E-state index in [-0.39, 0.29) is 11.0 Å². The third-order valence-electron chi connectivity index (χ3n) is 5.68. The van der Waals surface area contributed by atoms with Crippen molar-refractivity contribution in [3.63, 3.8) is 0 Å². The van der Waals surface area contributed by atoms with Gasteiger partial charge in [-0.1, -0.05) is 82.7 Å². The van der Waals surface area contributed by atoms with Gasteiger partial charge in [0, 0.05) is 6.54 Å². The molecule has 0 aliphatic heterocycles. The number of hydrogen-bond acceptors (Lipinski definition) is 8. The molecule has 0 atom stereocenters. The maximum atomic E-state index is 8.89. The number of imidazole rings is 2. The van der Waals surface area contributed by atoms with Gasteiger partial charge < -0.3 is 30.1 Å². The SMILES string of the molecule is O.O.O[B]c1ccc(Cn2cnc3c(Cl)ncnc32)cc1.O[B]c1ccc(Cn2cnc3ncnc(Cl)c32)cc1. The highest BCUT2D eigenvalue weighted by Gasteiger charge is 2.10. The van der Waals surface area contributed by atoms with Gasteiger partial charge in [0.1, 0.15) is 23.7 Å². The summed E-state index contributed by atoms with van der Waals surface area (Å²) < 4.78 is 3.80. The van der Waals surface area contributed by atoms with Crippen LogP contribution < -0.4 is 10.9 Å². The van der Waals surface area contributed by atoms with Crippen LogP contribution in [0.5, 0.6) is 0 Å². The van der Waals surface area contributed by atoms with Gasteiger partial charge in [0.25, 0.3) is 0 Å². The quantitative estimate of drug-likeness (QED) is 0.202. The molecule has 0 amide bonds. The molecule has 40 heavy (non-hydrogen) atoms. The summed E-state index contributed by atoms with van der Waals surface area (Å²) in [4.78, 5) is 24.5. The monoisotopic (exact) mass is 578 g/mol. The molecule has 202 valence electrons. The highest BCUT2D eigenvalue weighted by molar-refractivity contribution is 6.45. The number of nitrogens with zero attached hydrogens (tertiary/aromatic N) is 8. The number of halogens is 2. The third-order valence-corrected chi connectivity index (χ3v) is 6.24. The molecular weight excluding hydrogens is 557 g/mol. The van der Waals surface area contributed by atoms with Crippen molar-refractivity contribution in [2.75, 3.05) is 0 Å². The average molecular weight is 579 g/mol. The van der Waals surface area contributed by atoms with Gasteiger partial charge in [-0.05, 0) is 11.1 Å². The van der Waals surface area contributed by atoms with Crippen LogP contribution in [0.25, 0.3) is 22.3 Å². The number of aromatic nitrogens is 8. The van der Waals surface area contributed by atoms with E-state index in [1.807, 2.05) is 57.7 Å². The normalized spacial score (nSPS) is 10.3. The minimum Gasteiger partial charge on any atom is -0.450 e. The summed E-state index contributed by atoms with van der Waals surface area (Å²) in [5.74, 6) is 0. The summed E-state index contributed by atoms with van der Waals surface area (Å²) in [5.41, 5.74) is 6.30. The van der Waals surface area contributed by atoms with Crippen LogP contribution in [0.1, 0.15) is 11.1 Å². The zero-order valence-corrected chi connectivity index (χ0v) is 22.2. The number of benzene rings is 2. The highest BCUT2D eigenvalue weighted by atomic mass is 35.5. The molecule has 2 radical (unpaired) electrons. The molecular formula is C24H22B2Cl2N8O4. The van der Waals surface area contributed by atoms with Crippen molar-refractivity contribution in [2.24, 2.45) is 0 Å². The molecule has 6 N–H and O–H groups in total. The van der Waals surface area contributed by atoms with Gasteiger partial charge in [-0.25, -0.2) is 29.9 Å². The fraction of sp³-hybridized carbons (Fsp3) is 0.0833. The maximum Gasteiger partial charge on any atom is 0.326 e. The molecule has 0 saturated heterocycles. The van der Waals surface area contributed by atoms with Crippen LogP contribution >= 0.6 is 23.2 Å². The molecule has 0 spiro atoms. The Balaban J connectivity index is 0.000000210. The predicted octanol–water partition coefficient (Wildman–Crippen LogP) is -0.120. The van der Waals surface area contributed by atoms with Crippen molar-refractivity contribution in [3.05, 3.63) is 95.3 Å². The summed E-state index contributed by atoms with van der Waals surface area (Å²) in [7, 11) is 2.14. The molecule has 4 heterocycles. The van der Waals surface area contributed by atoms with Crippen LogP contribution in [0.2, 0.25) is 10.3 Å². The summed E-state index contributed by atoms with van der Waals surface area (Å²) in [6.45, 7) is 1.25. The van der Waals surface area contributed by atoms with Crippen LogP contribution in [0.4, 0.5) is 0 Å². The second kappa shape index (κ2) is 13.9. The van der Waals surface area contributed by atoms with E-state index in [4.69, 9.17) is 33.2 Å². The molecule has 12 nitrogen and oxygen atoms in total.